The van der Waals surface area contributed by atoms with Crippen LogP contribution in [-0.2, 0) is 11.4 Å². The number of piperidine rings is 4. The van der Waals surface area contributed by atoms with Crippen molar-refractivity contribution in [2.45, 2.75) is 63.3 Å². The number of carbonyl (C=O) groups is 2. The number of aromatic hydroxyl groups is 1. The van der Waals surface area contributed by atoms with E-state index in [0.717, 1.165) is 13.0 Å². The molecule has 0 unspecified atom stereocenters. The third-order valence-corrected chi connectivity index (χ3v) is 10.6. The highest BCUT2D eigenvalue weighted by atomic mass is 16.5. The molecule has 0 radical (unpaired) electrons. The first-order valence-corrected chi connectivity index (χ1v) is 16.8. The Balaban J connectivity index is 0.976. The van der Waals surface area contributed by atoms with E-state index in [9.17, 15) is 14.7 Å². The molecule has 12 nitrogen and oxygen atoms in total. The third kappa shape index (κ3) is 6.09. The molecule has 0 bridgehead atoms. The Morgan fingerprint density at radius 2 is 1.81 bits per heavy atom. The van der Waals surface area contributed by atoms with E-state index in [1.54, 1.807) is 24.3 Å². The number of hydrogen-bond acceptors (Lipinski definition) is 10. The summed E-state index contributed by atoms with van der Waals surface area (Å²) in [6.45, 7) is 3.41. The SMILES string of the molecule is COc1cc(/C=C/C(=O)c2ccc(OCc3cn([C@H]4CC(=O)N5C[C@@H]6CCCN7CCC[C@@H]([C@H]67)[C@H]5C4)nn3)cc2O)cc(OC)c1OC. The number of phenols is 1. The number of nitrogens with zero attached hydrogens (tertiary/aromatic N) is 5. The average Bonchev–Trinajstić information content (AvgIpc) is 3.59. The molecule has 7 rings (SSSR count). The van der Waals surface area contributed by atoms with Crippen LogP contribution < -0.4 is 18.9 Å². The van der Waals surface area contributed by atoms with Gasteiger partial charge in [-0.05, 0) is 92.9 Å². The van der Waals surface area contributed by atoms with Crippen LogP contribution >= 0.6 is 0 Å². The van der Waals surface area contributed by atoms with Gasteiger partial charge in [0, 0.05) is 31.1 Å². The molecule has 5 heterocycles. The van der Waals surface area contributed by atoms with E-state index in [1.165, 1.54) is 78.3 Å². The smallest absolute Gasteiger partial charge is 0.224 e. The highest BCUT2D eigenvalue weighted by Crippen LogP contribution is 2.46. The molecule has 4 aliphatic rings. The molecule has 4 aliphatic heterocycles. The van der Waals surface area contributed by atoms with Gasteiger partial charge in [0.2, 0.25) is 11.7 Å². The molecule has 254 valence electrons. The molecule has 1 amide bonds. The predicted octanol–water partition coefficient (Wildman–Crippen LogP) is 4.52. The van der Waals surface area contributed by atoms with Crippen LogP contribution in [0.2, 0.25) is 0 Å². The minimum Gasteiger partial charge on any atom is -0.507 e. The summed E-state index contributed by atoms with van der Waals surface area (Å²) in [4.78, 5) is 31.2. The molecule has 0 spiro atoms. The molecular weight excluding hydrogens is 614 g/mol. The van der Waals surface area contributed by atoms with Gasteiger partial charge >= 0.3 is 0 Å². The summed E-state index contributed by atoms with van der Waals surface area (Å²) < 4.78 is 23.8. The Morgan fingerprint density at radius 3 is 2.54 bits per heavy atom. The van der Waals surface area contributed by atoms with Crippen LogP contribution in [0.5, 0.6) is 28.7 Å². The van der Waals surface area contributed by atoms with Crippen molar-refractivity contribution in [2.24, 2.45) is 11.8 Å². The van der Waals surface area contributed by atoms with Crippen LogP contribution in [0.25, 0.3) is 6.08 Å². The van der Waals surface area contributed by atoms with E-state index < -0.39 is 0 Å². The Labute approximate surface area is 280 Å². The van der Waals surface area contributed by atoms with E-state index in [0.29, 0.717) is 58.6 Å². The fraction of sp³-hybridized carbons (Fsp3) is 0.500. The first-order valence-electron chi connectivity index (χ1n) is 16.8. The summed E-state index contributed by atoms with van der Waals surface area (Å²) in [7, 11) is 4.57. The maximum Gasteiger partial charge on any atom is 0.224 e. The maximum atomic E-state index is 13.4. The Morgan fingerprint density at radius 1 is 1.04 bits per heavy atom. The van der Waals surface area contributed by atoms with E-state index in [1.807, 2.05) is 10.9 Å². The molecule has 4 saturated heterocycles. The zero-order chi connectivity index (χ0) is 33.4. The standard InChI is InChI=1S/C36H43N5O7/c1-45-32-14-22(15-33(46-2)36(32)47-3)8-11-30(42)28-10-9-26(18-31(28)43)48-21-24-20-41(38-37-24)25-16-29-27-7-5-13-39-12-4-6-23(35(27)39)19-40(29)34(44)17-25/h8-11,14-15,18,20,23,25,27,29,35,43H,4-7,12-13,16-17,19,21H2,1-3H3/b11-8+/t23-,25+,27+,29+,35-/m0/s1. The number of carbonyl (C=O) groups excluding carboxylic acids is 2. The van der Waals surface area contributed by atoms with E-state index in [2.05, 4.69) is 20.1 Å². The average molecular weight is 658 g/mol. The zero-order valence-electron chi connectivity index (χ0n) is 27.7. The Kier molecular flexibility index (Phi) is 9.00. The molecule has 1 aromatic heterocycles. The first kappa shape index (κ1) is 32.0. The van der Waals surface area contributed by atoms with Crippen LogP contribution in [0.4, 0.5) is 0 Å². The van der Waals surface area contributed by atoms with Crippen molar-refractivity contribution in [1.82, 2.24) is 24.8 Å². The molecule has 3 aromatic rings. The van der Waals surface area contributed by atoms with E-state index >= 15 is 0 Å². The van der Waals surface area contributed by atoms with Gasteiger partial charge in [0.05, 0.1) is 39.1 Å². The van der Waals surface area contributed by atoms with Crippen molar-refractivity contribution >= 4 is 17.8 Å². The minimum absolute atomic E-state index is 0.0296. The number of phenolic OH excluding ortho intramolecular Hbond substituents is 1. The van der Waals surface area contributed by atoms with Crippen molar-refractivity contribution in [1.29, 1.82) is 0 Å². The fourth-order valence-corrected chi connectivity index (χ4v) is 8.45. The normalized spacial score (nSPS) is 25.4. The quantitative estimate of drug-likeness (QED) is 0.246. The molecule has 0 aliphatic carbocycles. The minimum atomic E-state index is -0.380. The van der Waals surface area contributed by atoms with E-state index in [4.69, 9.17) is 18.9 Å². The van der Waals surface area contributed by atoms with Crippen LogP contribution in [0, 0.1) is 11.8 Å². The number of benzene rings is 2. The Bertz CT molecular complexity index is 1680. The van der Waals surface area contributed by atoms with Gasteiger partial charge in [0.15, 0.2) is 17.3 Å². The summed E-state index contributed by atoms with van der Waals surface area (Å²) in [5.74, 6) is 2.57. The summed E-state index contributed by atoms with van der Waals surface area (Å²) in [6.07, 6.45) is 11.0. The van der Waals surface area contributed by atoms with Gasteiger partial charge in [-0.3, -0.25) is 14.5 Å². The van der Waals surface area contributed by atoms with Crippen LogP contribution in [0.15, 0.2) is 42.6 Å². The van der Waals surface area contributed by atoms with Crippen molar-refractivity contribution in [3.05, 3.63) is 59.4 Å². The number of fused-ring (bicyclic) bond motifs is 2. The molecule has 2 aromatic carbocycles. The van der Waals surface area contributed by atoms with Crippen LogP contribution in [0.3, 0.4) is 0 Å². The summed E-state index contributed by atoms with van der Waals surface area (Å²) in [5.41, 5.74) is 1.42. The number of rotatable bonds is 10. The summed E-state index contributed by atoms with van der Waals surface area (Å²) in [6, 6.07) is 8.85. The summed E-state index contributed by atoms with van der Waals surface area (Å²) in [5, 5.41) is 19.4. The number of allylic oxidation sites excluding steroid dienone is 1. The number of ether oxygens (including phenoxy) is 4. The lowest BCUT2D eigenvalue weighted by molar-refractivity contribution is -0.153. The van der Waals surface area contributed by atoms with E-state index in [-0.39, 0.29) is 41.7 Å². The Hall–Kier alpha value is -4.58. The lowest BCUT2D eigenvalue weighted by Gasteiger charge is -2.59. The summed E-state index contributed by atoms with van der Waals surface area (Å²) >= 11 is 0. The van der Waals surface area contributed by atoms with Gasteiger partial charge in [0.25, 0.3) is 0 Å². The third-order valence-electron chi connectivity index (χ3n) is 10.6. The van der Waals surface area contributed by atoms with Gasteiger partial charge in [-0.15, -0.1) is 5.10 Å². The van der Waals surface area contributed by atoms with Crippen molar-refractivity contribution in [2.75, 3.05) is 41.0 Å². The van der Waals surface area contributed by atoms with Gasteiger partial charge < -0.3 is 29.0 Å². The lowest BCUT2D eigenvalue weighted by atomic mass is 9.67. The second-order valence-corrected chi connectivity index (χ2v) is 13.3. The first-order chi connectivity index (χ1) is 23.4. The second kappa shape index (κ2) is 13.5. The van der Waals surface area contributed by atoms with Gasteiger partial charge in [0.1, 0.15) is 23.8 Å². The number of hydrogen-bond donors (Lipinski definition) is 1. The molecule has 5 atom stereocenters. The van der Waals surface area contributed by atoms with Gasteiger partial charge in [-0.2, -0.15) is 0 Å². The maximum absolute atomic E-state index is 13.4. The molecule has 4 fully saturated rings. The highest BCUT2D eigenvalue weighted by molar-refractivity contribution is 6.08. The molecule has 1 N–H and O–H groups in total. The molecule has 0 saturated carbocycles. The molecule has 12 heteroatoms. The lowest BCUT2D eigenvalue weighted by Crippen LogP contribution is -2.67. The number of aromatic nitrogens is 3. The van der Waals surface area contributed by atoms with Crippen LogP contribution in [-0.4, -0.2) is 94.6 Å². The van der Waals surface area contributed by atoms with Gasteiger partial charge in [-0.25, -0.2) is 4.68 Å². The largest absolute Gasteiger partial charge is 0.507 e. The molecular formula is C36H43N5O7. The van der Waals surface area contributed by atoms with Crippen molar-refractivity contribution in [3.63, 3.8) is 0 Å². The monoisotopic (exact) mass is 657 g/mol. The predicted molar refractivity (Wildman–Crippen MR) is 177 cm³/mol. The van der Waals surface area contributed by atoms with Crippen molar-refractivity contribution < 1.29 is 33.6 Å². The topological polar surface area (TPSA) is 128 Å². The van der Waals surface area contributed by atoms with Crippen LogP contribution in [0.1, 0.15) is 66.2 Å². The fourth-order valence-electron chi connectivity index (χ4n) is 8.45. The number of ketones is 1. The highest BCUT2D eigenvalue weighted by Gasteiger charge is 2.52. The molecule has 48 heavy (non-hydrogen) atoms. The number of amides is 1. The van der Waals surface area contributed by atoms with Crippen molar-refractivity contribution in [3.8, 4) is 28.7 Å². The zero-order valence-corrected chi connectivity index (χ0v) is 27.7. The second-order valence-electron chi connectivity index (χ2n) is 13.3. The number of methoxy groups -OCH3 is 3. The van der Waals surface area contributed by atoms with Gasteiger partial charge in [-0.1, -0.05) is 11.3 Å².